The second kappa shape index (κ2) is 11.1. The van der Waals surface area contributed by atoms with Crippen molar-refractivity contribution in [2.75, 3.05) is 33.7 Å². The summed E-state index contributed by atoms with van der Waals surface area (Å²) >= 11 is 1.02. The van der Waals surface area contributed by atoms with Crippen molar-refractivity contribution in [3.05, 3.63) is 16.1 Å². The van der Waals surface area contributed by atoms with Gasteiger partial charge in [0, 0.05) is 44.5 Å². The van der Waals surface area contributed by atoms with E-state index in [1.165, 1.54) is 0 Å². The highest BCUT2D eigenvalue weighted by Crippen LogP contribution is 2.29. The molecule has 10 heteroatoms. The Morgan fingerprint density at radius 3 is 2.46 bits per heavy atom. The van der Waals surface area contributed by atoms with Gasteiger partial charge in [0.15, 0.2) is 11.7 Å². The molecule has 0 aliphatic rings. The number of aliphatic imine (C=N–C) groups is 1. The molecule has 0 unspecified atom stereocenters. The summed E-state index contributed by atoms with van der Waals surface area (Å²) in [6.07, 6.45) is -3.95. The first-order chi connectivity index (χ1) is 10.7. The lowest BCUT2D eigenvalue weighted by molar-refractivity contribution is -0.140. The van der Waals surface area contributed by atoms with Crippen molar-refractivity contribution >= 4 is 41.3 Å². The number of hydrogen-bond donors (Lipinski definition) is 2. The molecule has 0 saturated heterocycles. The maximum absolute atomic E-state index is 12.5. The molecule has 0 aliphatic heterocycles. The highest BCUT2D eigenvalue weighted by Gasteiger charge is 2.33. The number of halogens is 4. The zero-order valence-electron chi connectivity index (χ0n) is 14.3. The van der Waals surface area contributed by atoms with Gasteiger partial charge in [-0.05, 0) is 20.9 Å². The van der Waals surface area contributed by atoms with Crippen LogP contribution in [0, 0.1) is 0 Å². The first-order valence-corrected chi connectivity index (χ1v) is 8.28. The van der Waals surface area contributed by atoms with Crippen molar-refractivity contribution in [2.24, 2.45) is 4.99 Å². The lowest BCUT2D eigenvalue weighted by Crippen LogP contribution is -2.42. The third kappa shape index (κ3) is 8.47. The number of nitrogens with zero attached hydrogens (tertiary/aromatic N) is 3. The molecule has 0 bridgehead atoms. The van der Waals surface area contributed by atoms with Gasteiger partial charge in [-0.3, -0.25) is 4.99 Å². The molecule has 0 aromatic carbocycles. The molecule has 140 valence electrons. The van der Waals surface area contributed by atoms with Crippen molar-refractivity contribution in [3.63, 3.8) is 0 Å². The van der Waals surface area contributed by atoms with E-state index >= 15 is 0 Å². The van der Waals surface area contributed by atoms with Gasteiger partial charge in [0.25, 0.3) is 0 Å². The normalized spacial score (nSPS) is 12.5. The van der Waals surface area contributed by atoms with E-state index in [9.17, 15) is 13.2 Å². The quantitative estimate of drug-likeness (QED) is 0.359. The van der Waals surface area contributed by atoms with Crippen molar-refractivity contribution < 1.29 is 13.2 Å². The minimum atomic E-state index is -4.37. The van der Waals surface area contributed by atoms with Gasteiger partial charge >= 0.3 is 6.18 Å². The number of alkyl halides is 3. The Morgan fingerprint density at radius 2 is 1.96 bits per heavy atom. The largest absolute Gasteiger partial charge is 0.434 e. The van der Waals surface area contributed by atoms with Crippen LogP contribution in [0.3, 0.4) is 0 Å². The molecule has 0 aliphatic carbocycles. The lowest BCUT2D eigenvalue weighted by atomic mass is 10.3. The topological polar surface area (TPSA) is 52.6 Å². The van der Waals surface area contributed by atoms with Crippen LogP contribution in [-0.2, 0) is 12.6 Å². The molecule has 0 atom stereocenters. The van der Waals surface area contributed by atoms with E-state index in [0.717, 1.165) is 29.8 Å². The fourth-order valence-corrected chi connectivity index (χ4v) is 2.48. The highest BCUT2D eigenvalue weighted by atomic mass is 127. The number of guanidine groups is 1. The van der Waals surface area contributed by atoms with Crippen LogP contribution in [0.1, 0.15) is 24.5 Å². The summed E-state index contributed by atoms with van der Waals surface area (Å²) in [6.45, 7) is 6.33. The van der Waals surface area contributed by atoms with Crippen LogP contribution in [0.25, 0.3) is 0 Å². The van der Waals surface area contributed by atoms with Gasteiger partial charge in [-0.1, -0.05) is 0 Å². The van der Waals surface area contributed by atoms with Gasteiger partial charge < -0.3 is 15.5 Å². The van der Waals surface area contributed by atoms with E-state index in [2.05, 4.69) is 39.4 Å². The van der Waals surface area contributed by atoms with Crippen molar-refractivity contribution in [1.82, 2.24) is 20.5 Å². The number of hydrogen-bond acceptors (Lipinski definition) is 4. The Morgan fingerprint density at radius 1 is 1.33 bits per heavy atom. The molecule has 1 aromatic heterocycles. The lowest BCUT2D eigenvalue weighted by Gasteiger charge is -2.21. The zero-order chi connectivity index (χ0) is 17.5. The summed E-state index contributed by atoms with van der Waals surface area (Å²) in [5.74, 6) is 0.634. The van der Waals surface area contributed by atoms with E-state index < -0.39 is 11.9 Å². The average Bonchev–Trinajstić information content (AvgIpc) is 2.94. The van der Waals surface area contributed by atoms with Crippen molar-refractivity contribution in [3.8, 4) is 0 Å². The van der Waals surface area contributed by atoms with Gasteiger partial charge in [0.1, 0.15) is 0 Å². The fraction of sp³-hybridized carbons (Fsp3) is 0.714. The molecule has 0 saturated carbocycles. The number of nitrogens with one attached hydrogen (secondary N) is 2. The monoisotopic (exact) mass is 479 g/mol. The predicted octanol–water partition coefficient (Wildman–Crippen LogP) is 2.83. The predicted molar refractivity (Wildman–Crippen MR) is 103 cm³/mol. The maximum atomic E-state index is 12.5. The first-order valence-electron chi connectivity index (χ1n) is 7.40. The third-order valence-electron chi connectivity index (χ3n) is 3.34. The standard InChI is InChI=1S/C14H24F3N5S.HI/c1-10(2)22(4)8-7-20-13(18-3)19-6-5-12-21-11(9-23-12)14(15,16)17;/h9-10H,5-8H2,1-4H3,(H2,18,19,20);1H. The van der Waals surface area contributed by atoms with E-state index in [4.69, 9.17) is 0 Å². The Kier molecular flexibility index (Phi) is 10.8. The molecule has 1 aromatic rings. The summed E-state index contributed by atoms with van der Waals surface area (Å²) in [6, 6.07) is 0.472. The summed E-state index contributed by atoms with van der Waals surface area (Å²) in [5, 5.41) is 7.75. The highest BCUT2D eigenvalue weighted by molar-refractivity contribution is 14.0. The zero-order valence-corrected chi connectivity index (χ0v) is 17.4. The van der Waals surface area contributed by atoms with E-state index in [1.54, 1.807) is 7.05 Å². The summed E-state index contributed by atoms with van der Waals surface area (Å²) in [5.41, 5.74) is -0.822. The van der Waals surface area contributed by atoms with Crippen molar-refractivity contribution in [2.45, 2.75) is 32.5 Å². The minimum absolute atomic E-state index is 0. The fourth-order valence-electron chi connectivity index (χ4n) is 1.67. The van der Waals surface area contributed by atoms with Gasteiger partial charge in [0.05, 0.1) is 5.01 Å². The SMILES string of the molecule is CN=C(NCCc1nc(C(F)(F)F)cs1)NCCN(C)C(C)C.I. The van der Waals surface area contributed by atoms with Crippen LogP contribution in [0.4, 0.5) is 13.2 Å². The summed E-state index contributed by atoms with van der Waals surface area (Å²) in [7, 11) is 3.70. The molecular weight excluding hydrogens is 454 g/mol. The maximum Gasteiger partial charge on any atom is 0.434 e. The molecule has 0 amide bonds. The molecule has 5 nitrogen and oxygen atoms in total. The van der Waals surface area contributed by atoms with E-state index in [0.29, 0.717) is 30.0 Å². The minimum Gasteiger partial charge on any atom is -0.356 e. The van der Waals surface area contributed by atoms with Crippen LogP contribution in [-0.4, -0.2) is 55.6 Å². The Hall–Kier alpha value is -0.620. The molecule has 1 rings (SSSR count). The van der Waals surface area contributed by atoms with Gasteiger partial charge in [0.2, 0.25) is 0 Å². The second-order valence-electron chi connectivity index (χ2n) is 5.37. The van der Waals surface area contributed by atoms with Crippen LogP contribution in [0.2, 0.25) is 0 Å². The van der Waals surface area contributed by atoms with Gasteiger partial charge in [-0.15, -0.1) is 35.3 Å². The molecular formula is C14H25F3IN5S. The molecule has 24 heavy (non-hydrogen) atoms. The number of likely N-dealkylation sites (N-methyl/N-ethyl adjacent to an activating group) is 1. The van der Waals surface area contributed by atoms with Gasteiger partial charge in [-0.2, -0.15) is 13.2 Å². The second-order valence-corrected chi connectivity index (χ2v) is 6.32. The molecule has 0 spiro atoms. The van der Waals surface area contributed by atoms with E-state index in [1.807, 2.05) is 7.05 Å². The number of rotatable bonds is 7. The first kappa shape index (κ1) is 23.4. The summed E-state index contributed by atoms with van der Waals surface area (Å²) < 4.78 is 37.4. The van der Waals surface area contributed by atoms with Crippen LogP contribution in [0.15, 0.2) is 10.4 Å². The molecule has 2 N–H and O–H groups in total. The molecule has 0 radical (unpaired) electrons. The Labute approximate surface area is 162 Å². The molecule has 1 heterocycles. The van der Waals surface area contributed by atoms with Crippen molar-refractivity contribution in [1.29, 1.82) is 0 Å². The Bertz CT molecular complexity index is 505. The van der Waals surface area contributed by atoms with Crippen LogP contribution >= 0.6 is 35.3 Å². The third-order valence-corrected chi connectivity index (χ3v) is 4.24. The smallest absolute Gasteiger partial charge is 0.356 e. The average molecular weight is 479 g/mol. The number of thiazole rings is 1. The van der Waals surface area contributed by atoms with Gasteiger partial charge in [-0.25, -0.2) is 4.98 Å². The van der Waals surface area contributed by atoms with Crippen LogP contribution in [0.5, 0.6) is 0 Å². The van der Waals surface area contributed by atoms with Crippen LogP contribution < -0.4 is 10.6 Å². The summed E-state index contributed by atoms with van der Waals surface area (Å²) in [4.78, 5) is 9.88. The Balaban J connectivity index is 0.00000529. The molecule has 0 fully saturated rings. The van der Waals surface area contributed by atoms with E-state index in [-0.39, 0.29) is 24.0 Å². The number of aromatic nitrogens is 1.